The van der Waals surface area contributed by atoms with Crippen molar-refractivity contribution in [3.8, 4) is 0 Å². The SMILES string of the molecule is O=C(C[P+](CC(=O)c1ccccc1)(c1ccccc1)c1ccccc1)c1ccccc1.[Br-]. The summed E-state index contributed by atoms with van der Waals surface area (Å²) in [5.41, 5.74) is 1.37. The quantitative estimate of drug-likeness (QED) is 0.274. The summed E-state index contributed by atoms with van der Waals surface area (Å²) in [6.45, 7) is 0. The third kappa shape index (κ3) is 5.30. The van der Waals surface area contributed by atoms with Crippen molar-refractivity contribution in [1.82, 2.24) is 0 Å². The molecule has 2 nitrogen and oxygen atoms in total. The maximum atomic E-state index is 13.4. The number of benzene rings is 4. The summed E-state index contributed by atoms with van der Waals surface area (Å²) in [4.78, 5) is 26.9. The van der Waals surface area contributed by atoms with Gasteiger partial charge in [-0.2, -0.15) is 0 Å². The fourth-order valence-electron chi connectivity index (χ4n) is 3.92. The summed E-state index contributed by atoms with van der Waals surface area (Å²) >= 11 is 0. The van der Waals surface area contributed by atoms with Crippen molar-refractivity contribution < 1.29 is 26.6 Å². The molecule has 0 spiro atoms. The van der Waals surface area contributed by atoms with Crippen molar-refractivity contribution in [1.29, 1.82) is 0 Å². The van der Waals surface area contributed by atoms with Crippen LogP contribution in [-0.4, -0.2) is 23.9 Å². The highest BCUT2D eigenvalue weighted by molar-refractivity contribution is 7.90. The topological polar surface area (TPSA) is 34.1 Å². The Balaban J connectivity index is 0.00000289. The van der Waals surface area contributed by atoms with Crippen LogP contribution in [0.25, 0.3) is 0 Å². The minimum atomic E-state index is -2.34. The van der Waals surface area contributed by atoms with E-state index in [1.807, 2.05) is 97.1 Å². The normalized spacial score (nSPS) is 10.8. The van der Waals surface area contributed by atoms with Gasteiger partial charge >= 0.3 is 0 Å². The molecule has 160 valence electrons. The van der Waals surface area contributed by atoms with Gasteiger partial charge in [0.05, 0.1) is 7.26 Å². The molecule has 0 aliphatic rings. The molecule has 0 unspecified atom stereocenters. The van der Waals surface area contributed by atoms with Crippen LogP contribution in [-0.2, 0) is 0 Å². The largest absolute Gasteiger partial charge is 1.00 e. The van der Waals surface area contributed by atoms with E-state index >= 15 is 0 Å². The van der Waals surface area contributed by atoms with Gasteiger partial charge in [0.15, 0.2) is 0 Å². The van der Waals surface area contributed by atoms with E-state index in [1.54, 1.807) is 0 Å². The van der Waals surface area contributed by atoms with Crippen molar-refractivity contribution in [3.63, 3.8) is 0 Å². The zero-order chi connectivity index (χ0) is 21.5. The molecule has 0 aliphatic heterocycles. The highest BCUT2D eigenvalue weighted by Gasteiger charge is 2.46. The molecule has 0 aliphatic carbocycles. The Bertz CT molecular complexity index is 1050. The van der Waals surface area contributed by atoms with Gasteiger partial charge in [0, 0.05) is 11.1 Å². The van der Waals surface area contributed by atoms with Gasteiger partial charge in [-0.05, 0) is 24.3 Å². The number of carbonyl (C=O) groups excluding carboxylic acids is 2. The van der Waals surface area contributed by atoms with Crippen LogP contribution in [0, 0.1) is 0 Å². The number of hydrogen-bond acceptors (Lipinski definition) is 2. The Labute approximate surface area is 200 Å². The van der Waals surface area contributed by atoms with Crippen LogP contribution in [0.1, 0.15) is 20.7 Å². The van der Waals surface area contributed by atoms with Crippen LogP contribution >= 0.6 is 7.26 Å². The van der Waals surface area contributed by atoms with Crippen molar-refractivity contribution >= 4 is 29.4 Å². The van der Waals surface area contributed by atoms with Gasteiger partial charge < -0.3 is 17.0 Å². The van der Waals surface area contributed by atoms with Crippen LogP contribution in [0.5, 0.6) is 0 Å². The Morgan fingerprint density at radius 3 is 1.06 bits per heavy atom. The monoisotopic (exact) mass is 502 g/mol. The van der Waals surface area contributed by atoms with E-state index in [4.69, 9.17) is 0 Å². The number of Topliss-reactive ketones (excluding diaryl/α,β-unsaturated/α-hetero) is 2. The molecular formula is C28H24BrO2P. The van der Waals surface area contributed by atoms with Crippen molar-refractivity contribution in [2.45, 2.75) is 0 Å². The number of ketones is 2. The zero-order valence-electron chi connectivity index (χ0n) is 17.6. The molecule has 4 heteroatoms. The molecule has 4 rings (SSSR count). The summed E-state index contributed by atoms with van der Waals surface area (Å²) < 4.78 is 0. The first-order chi connectivity index (χ1) is 15.2. The number of hydrogen-bond donors (Lipinski definition) is 0. The third-order valence-corrected chi connectivity index (χ3v) is 9.75. The smallest absolute Gasteiger partial charge is 0.200 e. The summed E-state index contributed by atoms with van der Waals surface area (Å²) in [5, 5.41) is 2.16. The Morgan fingerprint density at radius 2 is 0.750 bits per heavy atom. The number of carbonyl (C=O) groups is 2. The van der Waals surface area contributed by atoms with Gasteiger partial charge in [0.2, 0.25) is 11.6 Å². The minimum absolute atomic E-state index is 0. The predicted octanol–water partition coefficient (Wildman–Crippen LogP) is 2.42. The Kier molecular flexibility index (Phi) is 8.27. The zero-order valence-corrected chi connectivity index (χ0v) is 20.1. The fraction of sp³-hybridized carbons (Fsp3) is 0.0714. The molecule has 4 aromatic rings. The molecule has 0 bridgehead atoms. The van der Waals surface area contributed by atoms with E-state index in [1.165, 1.54) is 0 Å². The Hall–Kier alpha value is -2.87. The summed E-state index contributed by atoms with van der Waals surface area (Å²) in [6, 6.07) is 38.9. The molecule has 0 radical (unpaired) electrons. The molecule has 0 atom stereocenters. The molecule has 0 heterocycles. The average molecular weight is 503 g/mol. The van der Waals surface area contributed by atoms with E-state index in [2.05, 4.69) is 24.3 Å². The van der Waals surface area contributed by atoms with Gasteiger partial charge in [0.25, 0.3) is 0 Å². The Morgan fingerprint density at radius 1 is 0.469 bits per heavy atom. The predicted molar refractivity (Wildman–Crippen MR) is 130 cm³/mol. The van der Waals surface area contributed by atoms with Crippen LogP contribution in [0.15, 0.2) is 121 Å². The first-order valence-corrected chi connectivity index (χ1v) is 12.5. The van der Waals surface area contributed by atoms with Gasteiger partial charge in [-0.25, -0.2) is 0 Å². The fourth-order valence-corrected chi connectivity index (χ4v) is 7.89. The highest BCUT2D eigenvalue weighted by atomic mass is 79.9. The number of rotatable bonds is 8. The minimum Gasteiger partial charge on any atom is -1.00 e. The first kappa shape index (κ1) is 23.8. The van der Waals surface area contributed by atoms with E-state index in [9.17, 15) is 9.59 Å². The second-order valence-corrected chi connectivity index (χ2v) is 11.1. The van der Waals surface area contributed by atoms with Gasteiger partial charge in [0.1, 0.15) is 22.9 Å². The van der Waals surface area contributed by atoms with Crippen molar-refractivity contribution in [2.75, 3.05) is 12.3 Å². The third-order valence-electron chi connectivity index (χ3n) is 5.52. The molecule has 0 aromatic heterocycles. The maximum absolute atomic E-state index is 13.4. The number of halogens is 1. The first-order valence-electron chi connectivity index (χ1n) is 10.3. The summed E-state index contributed by atoms with van der Waals surface area (Å²) in [7, 11) is -2.34. The van der Waals surface area contributed by atoms with Crippen LogP contribution in [0.4, 0.5) is 0 Å². The van der Waals surface area contributed by atoms with Gasteiger partial charge in [-0.15, -0.1) is 0 Å². The van der Waals surface area contributed by atoms with Crippen LogP contribution < -0.4 is 27.6 Å². The van der Waals surface area contributed by atoms with Crippen molar-refractivity contribution in [3.05, 3.63) is 132 Å². The molecule has 4 aromatic carbocycles. The molecule has 0 saturated carbocycles. The molecule has 0 amide bonds. The van der Waals surface area contributed by atoms with Gasteiger partial charge in [-0.3, -0.25) is 9.59 Å². The second kappa shape index (κ2) is 11.1. The molecular weight excluding hydrogens is 479 g/mol. The lowest BCUT2D eigenvalue weighted by molar-refractivity contribution is -0.0000216. The van der Waals surface area contributed by atoms with Crippen molar-refractivity contribution in [2.24, 2.45) is 0 Å². The maximum Gasteiger partial charge on any atom is 0.200 e. The van der Waals surface area contributed by atoms with E-state index in [0.717, 1.165) is 10.6 Å². The highest BCUT2D eigenvalue weighted by Crippen LogP contribution is 2.57. The lowest BCUT2D eigenvalue weighted by Crippen LogP contribution is -3.00. The lowest BCUT2D eigenvalue weighted by Gasteiger charge is -2.26. The standard InChI is InChI=1S/C28H24O2P.BrH/c29-27(23-13-5-1-6-14-23)21-31(25-17-9-3-10-18-25,26-19-11-4-12-20-26)22-28(30)24-15-7-2-8-16-24;/h1-20H,21-22H2;1H/q+1;/p-1. The second-order valence-electron chi connectivity index (χ2n) is 7.53. The molecule has 32 heavy (non-hydrogen) atoms. The lowest BCUT2D eigenvalue weighted by atomic mass is 10.1. The molecule has 0 N–H and O–H groups in total. The molecule has 0 fully saturated rings. The van der Waals surface area contributed by atoms with E-state index < -0.39 is 7.26 Å². The van der Waals surface area contributed by atoms with Crippen LogP contribution in [0.3, 0.4) is 0 Å². The molecule has 0 saturated heterocycles. The van der Waals surface area contributed by atoms with Crippen LogP contribution in [0.2, 0.25) is 0 Å². The summed E-state index contributed by atoms with van der Waals surface area (Å²) in [6.07, 6.45) is 0.646. The van der Waals surface area contributed by atoms with Gasteiger partial charge in [-0.1, -0.05) is 97.1 Å². The van der Waals surface area contributed by atoms with E-state index in [-0.39, 0.29) is 28.5 Å². The summed E-state index contributed by atoms with van der Waals surface area (Å²) in [5.74, 6) is 0.144. The van der Waals surface area contributed by atoms with E-state index in [0.29, 0.717) is 23.5 Å². The average Bonchev–Trinajstić information content (AvgIpc) is 2.85.